The lowest BCUT2D eigenvalue weighted by Crippen LogP contribution is -2.06. The summed E-state index contributed by atoms with van der Waals surface area (Å²) < 4.78 is 16.3. The molecule has 2 aromatic carbocycles. The van der Waals surface area contributed by atoms with E-state index in [1.165, 1.54) is 11.8 Å². The van der Waals surface area contributed by atoms with Crippen molar-refractivity contribution in [1.29, 1.82) is 5.41 Å². The molecule has 0 aliphatic carbocycles. The van der Waals surface area contributed by atoms with Gasteiger partial charge < -0.3 is 19.9 Å². The Balaban J connectivity index is 0.00000456. The summed E-state index contributed by atoms with van der Waals surface area (Å²) in [6.45, 7) is 0.492. The van der Waals surface area contributed by atoms with Gasteiger partial charge in [-0.25, -0.2) is 0 Å². The normalized spacial score (nSPS) is 10.8. The van der Waals surface area contributed by atoms with Gasteiger partial charge in [0.25, 0.3) is 0 Å². The summed E-state index contributed by atoms with van der Waals surface area (Å²) in [5, 5.41) is 7.40. The Kier molecular flexibility index (Phi) is 12.6. The van der Waals surface area contributed by atoms with Gasteiger partial charge in [-0.15, -0.1) is 17.0 Å². The zero-order valence-corrected chi connectivity index (χ0v) is 22.9. The first-order valence-corrected chi connectivity index (χ1v) is 12.2. The van der Waals surface area contributed by atoms with E-state index in [4.69, 9.17) is 25.4 Å². The summed E-state index contributed by atoms with van der Waals surface area (Å²) in [7, 11) is 3.30. The molecule has 3 aromatic rings. The molecule has 190 valence electrons. The molecule has 0 spiro atoms. The molecule has 1 aromatic heterocycles. The third kappa shape index (κ3) is 10.1. The Labute approximate surface area is 227 Å². The predicted octanol–water partition coefficient (Wildman–Crippen LogP) is 6.20. The minimum atomic E-state index is 0. The van der Waals surface area contributed by atoms with Crippen LogP contribution in [0.5, 0.6) is 17.5 Å². The summed E-state index contributed by atoms with van der Waals surface area (Å²) in [4.78, 5) is 9.10. The van der Waals surface area contributed by atoms with Crippen LogP contribution in [0.25, 0.3) is 24.3 Å². The fourth-order valence-electron chi connectivity index (χ4n) is 3.04. The van der Waals surface area contributed by atoms with Gasteiger partial charge in [0.2, 0.25) is 0 Å². The molecule has 3 rings (SSSR count). The Morgan fingerprint density at radius 3 is 1.78 bits per heavy atom. The maximum Gasteiger partial charge on any atom is 0.317 e. The van der Waals surface area contributed by atoms with E-state index in [-0.39, 0.29) is 22.1 Å². The van der Waals surface area contributed by atoms with E-state index < -0.39 is 0 Å². The summed E-state index contributed by atoms with van der Waals surface area (Å²) in [5.41, 5.74) is 8.92. The Morgan fingerprint density at radius 2 is 1.33 bits per heavy atom. The van der Waals surface area contributed by atoms with Gasteiger partial charge in [-0.05, 0) is 66.5 Å². The van der Waals surface area contributed by atoms with Gasteiger partial charge in [0.1, 0.15) is 11.5 Å². The number of aromatic nitrogens is 2. The second-order valence-electron chi connectivity index (χ2n) is 7.48. The van der Waals surface area contributed by atoms with Gasteiger partial charge in [0.15, 0.2) is 5.17 Å². The number of nitrogens with two attached hydrogens (primary N) is 1. The van der Waals surface area contributed by atoms with E-state index in [0.29, 0.717) is 12.6 Å². The molecule has 0 fully saturated rings. The minimum Gasteiger partial charge on any atom is -0.497 e. The number of methoxy groups -OCH3 is 2. The number of unbranched alkanes of at least 4 members (excludes halogenated alkanes) is 1. The van der Waals surface area contributed by atoms with Gasteiger partial charge >= 0.3 is 6.01 Å². The number of nitrogens with one attached hydrogen (secondary N) is 1. The van der Waals surface area contributed by atoms with Crippen molar-refractivity contribution in [2.24, 2.45) is 5.73 Å². The predicted molar refractivity (Wildman–Crippen MR) is 155 cm³/mol. The number of amidine groups is 1. The number of thioether (sulfide) groups is 1. The highest BCUT2D eigenvalue weighted by molar-refractivity contribution is 8.93. The maximum atomic E-state index is 7.26. The van der Waals surface area contributed by atoms with Crippen molar-refractivity contribution in [2.45, 2.75) is 12.8 Å². The van der Waals surface area contributed by atoms with Gasteiger partial charge in [0.05, 0.1) is 32.2 Å². The highest BCUT2D eigenvalue weighted by Crippen LogP contribution is 2.18. The molecule has 7 nitrogen and oxygen atoms in total. The zero-order chi connectivity index (χ0) is 24.9. The Hall–Kier alpha value is -3.30. The first-order chi connectivity index (χ1) is 17.1. The number of benzene rings is 2. The number of hydrogen-bond acceptors (Lipinski definition) is 7. The van der Waals surface area contributed by atoms with Crippen LogP contribution in [-0.2, 0) is 0 Å². The molecule has 0 amide bonds. The molecule has 1 heterocycles. The average Bonchev–Trinajstić information content (AvgIpc) is 2.88. The monoisotopic (exact) mass is 570 g/mol. The topological polar surface area (TPSA) is 103 Å². The van der Waals surface area contributed by atoms with Crippen molar-refractivity contribution in [3.63, 3.8) is 0 Å². The van der Waals surface area contributed by atoms with E-state index in [0.717, 1.165) is 52.6 Å². The van der Waals surface area contributed by atoms with Gasteiger partial charge in [-0.3, -0.25) is 5.41 Å². The quantitative estimate of drug-likeness (QED) is 0.152. The van der Waals surface area contributed by atoms with Crippen molar-refractivity contribution < 1.29 is 14.2 Å². The molecule has 0 aliphatic rings. The smallest absolute Gasteiger partial charge is 0.317 e. The fourth-order valence-corrected chi connectivity index (χ4v) is 3.61. The van der Waals surface area contributed by atoms with Crippen molar-refractivity contribution in [3.8, 4) is 17.5 Å². The van der Waals surface area contributed by atoms with E-state index >= 15 is 0 Å². The molecule has 3 N–H and O–H groups in total. The van der Waals surface area contributed by atoms with Crippen LogP contribution in [0.1, 0.15) is 35.4 Å². The second-order valence-corrected chi connectivity index (χ2v) is 8.62. The lowest BCUT2D eigenvalue weighted by molar-refractivity contribution is 0.285. The molecular weight excluding hydrogens is 540 g/mol. The number of hydrogen-bond donors (Lipinski definition) is 2. The summed E-state index contributed by atoms with van der Waals surface area (Å²) in [5.74, 6) is 2.42. The first kappa shape index (κ1) is 28.9. The minimum absolute atomic E-state index is 0. The molecular formula is C27H31BrN4O3S. The third-order valence-corrected chi connectivity index (χ3v) is 5.70. The molecule has 0 saturated carbocycles. The van der Waals surface area contributed by atoms with Gasteiger partial charge in [-0.2, -0.15) is 9.97 Å². The van der Waals surface area contributed by atoms with Crippen LogP contribution in [0.3, 0.4) is 0 Å². The van der Waals surface area contributed by atoms with Crippen LogP contribution >= 0.6 is 28.7 Å². The number of rotatable bonds is 12. The largest absolute Gasteiger partial charge is 0.497 e. The molecule has 0 bridgehead atoms. The van der Waals surface area contributed by atoms with Crippen molar-refractivity contribution >= 4 is 58.2 Å². The van der Waals surface area contributed by atoms with Gasteiger partial charge in [-0.1, -0.05) is 48.2 Å². The van der Waals surface area contributed by atoms with E-state index in [2.05, 4.69) is 9.97 Å². The summed E-state index contributed by atoms with van der Waals surface area (Å²) in [6.07, 6.45) is 9.57. The zero-order valence-electron chi connectivity index (χ0n) is 20.3. The van der Waals surface area contributed by atoms with Gasteiger partial charge in [0, 0.05) is 5.75 Å². The number of halogens is 1. The molecule has 0 atom stereocenters. The van der Waals surface area contributed by atoms with Crippen LogP contribution in [-0.4, -0.2) is 41.7 Å². The molecule has 0 radical (unpaired) electrons. The number of nitrogens with zero attached hydrogens (tertiary/aromatic N) is 2. The lowest BCUT2D eigenvalue weighted by Gasteiger charge is -2.07. The van der Waals surface area contributed by atoms with Crippen LogP contribution in [0, 0.1) is 5.41 Å². The highest BCUT2D eigenvalue weighted by atomic mass is 79.9. The molecule has 36 heavy (non-hydrogen) atoms. The van der Waals surface area contributed by atoms with Crippen molar-refractivity contribution in [3.05, 3.63) is 77.1 Å². The maximum absolute atomic E-state index is 7.26. The highest BCUT2D eigenvalue weighted by Gasteiger charge is 2.04. The van der Waals surface area contributed by atoms with Crippen LogP contribution < -0.4 is 19.9 Å². The molecule has 0 aliphatic heterocycles. The van der Waals surface area contributed by atoms with Crippen LogP contribution in [0.2, 0.25) is 0 Å². The third-order valence-electron chi connectivity index (χ3n) is 4.90. The second kappa shape index (κ2) is 15.6. The van der Waals surface area contributed by atoms with E-state index in [1.54, 1.807) is 14.2 Å². The lowest BCUT2D eigenvalue weighted by atomic mass is 10.1. The summed E-state index contributed by atoms with van der Waals surface area (Å²) >= 11 is 1.34. The van der Waals surface area contributed by atoms with Crippen LogP contribution in [0.4, 0.5) is 0 Å². The van der Waals surface area contributed by atoms with E-state index in [1.807, 2.05) is 78.9 Å². The Morgan fingerprint density at radius 1 is 0.833 bits per heavy atom. The van der Waals surface area contributed by atoms with Crippen LogP contribution in [0.15, 0.2) is 54.6 Å². The standard InChI is InChI=1S/C27H30N4O3S.BrH/c1-32-24-13-7-20(8-14-24)5-11-22-19-23(12-6-21-9-15-25(33-2)16-10-21)31-27(30-22)34-17-3-4-18-35-26(28)29;/h5-16,19H,3-4,17-18H2,1-2H3,(H3,28,29);1H/b11-5+,12-6+;. The molecule has 0 unspecified atom stereocenters. The number of ether oxygens (including phenoxy) is 3. The first-order valence-electron chi connectivity index (χ1n) is 11.2. The molecule has 0 saturated heterocycles. The summed E-state index contributed by atoms with van der Waals surface area (Å²) in [6, 6.07) is 17.8. The SMILES string of the molecule is Br.COc1ccc(/C=C/c2cc(/C=C/c3ccc(OC)cc3)nc(OCCCCSC(=N)N)n2)cc1. The fraction of sp³-hybridized carbons (Fsp3) is 0.222. The average molecular weight is 572 g/mol. The molecule has 9 heteroatoms. The van der Waals surface area contributed by atoms with E-state index in [9.17, 15) is 0 Å². The van der Waals surface area contributed by atoms with Crippen molar-refractivity contribution in [2.75, 3.05) is 26.6 Å². The Bertz CT molecular complexity index is 1080. The van der Waals surface area contributed by atoms with Crippen molar-refractivity contribution in [1.82, 2.24) is 9.97 Å².